The van der Waals surface area contributed by atoms with Crippen LogP contribution in [-0.2, 0) is 14.3 Å². The topological polar surface area (TPSA) is 43.4 Å². The standard InChI is InChI=1S/C19H22O3S/c1-4-6-9-15(3)23-19-13-12-16(22-14-20)10-7-11-17(19)18(21)8-5-2/h4-6,9-10,12-14H,2,7-8,11H2,1,3H3/b6-4-,13-12-,15-9+,16-10?,19-17-. The Hall–Kier alpha value is -2.07. The molecule has 23 heavy (non-hydrogen) atoms. The molecular formula is C19H22O3S. The number of Topliss-reactive ketones (excluding diaryl/α,β-unsaturated/α-hetero) is 1. The van der Waals surface area contributed by atoms with Crippen molar-refractivity contribution in [1.29, 1.82) is 0 Å². The van der Waals surface area contributed by atoms with E-state index < -0.39 is 0 Å². The highest BCUT2D eigenvalue weighted by atomic mass is 32.2. The van der Waals surface area contributed by atoms with Crippen molar-refractivity contribution < 1.29 is 14.3 Å². The molecule has 0 N–H and O–H groups in total. The molecule has 0 aromatic heterocycles. The van der Waals surface area contributed by atoms with Gasteiger partial charge in [0, 0.05) is 16.9 Å². The molecule has 0 saturated heterocycles. The molecule has 3 nitrogen and oxygen atoms in total. The Morgan fingerprint density at radius 3 is 2.87 bits per heavy atom. The molecule has 0 aromatic carbocycles. The Morgan fingerprint density at radius 2 is 2.22 bits per heavy atom. The first-order valence-electron chi connectivity index (χ1n) is 7.45. The number of hydrogen-bond acceptors (Lipinski definition) is 4. The molecule has 1 aliphatic rings. The van der Waals surface area contributed by atoms with Crippen LogP contribution in [0.15, 0.2) is 70.3 Å². The van der Waals surface area contributed by atoms with Crippen molar-refractivity contribution in [3.63, 3.8) is 0 Å². The zero-order valence-electron chi connectivity index (χ0n) is 13.6. The fourth-order valence-electron chi connectivity index (χ4n) is 2.02. The normalized spacial score (nSPS) is 20.4. The molecule has 0 fully saturated rings. The number of carbonyl (C=O) groups is 2. The zero-order valence-corrected chi connectivity index (χ0v) is 14.4. The van der Waals surface area contributed by atoms with E-state index in [1.165, 1.54) is 0 Å². The van der Waals surface area contributed by atoms with Crippen LogP contribution in [0.3, 0.4) is 0 Å². The predicted molar refractivity (Wildman–Crippen MR) is 96.6 cm³/mol. The summed E-state index contributed by atoms with van der Waals surface area (Å²) >= 11 is 1.54. The lowest BCUT2D eigenvalue weighted by Crippen LogP contribution is -2.05. The van der Waals surface area contributed by atoms with Gasteiger partial charge in [-0.15, -0.1) is 6.58 Å². The highest BCUT2D eigenvalue weighted by Gasteiger charge is 2.15. The number of allylic oxidation sites excluding steroid dienone is 9. The molecule has 0 amide bonds. The fourth-order valence-corrected chi connectivity index (χ4v) is 2.99. The second-order valence-corrected chi connectivity index (χ2v) is 6.14. The first-order valence-corrected chi connectivity index (χ1v) is 8.27. The second-order valence-electron chi connectivity index (χ2n) is 4.86. The molecule has 0 bridgehead atoms. The summed E-state index contributed by atoms with van der Waals surface area (Å²) < 4.78 is 4.91. The molecule has 0 heterocycles. The summed E-state index contributed by atoms with van der Waals surface area (Å²) in [6.45, 7) is 8.01. The first kappa shape index (κ1) is 19.0. The minimum absolute atomic E-state index is 0.0825. The van der Waals surface area contributed by atoms with Crippen LogP contribution >= 0.6 is 11.8 Å². The number of ether oxygens (including phenoxy) is 1. The van der Waals surface area contributed by atoms with Crippen molar-refractivity contribution in [2.75, 3.05) is 0 Å². The van der Waals surface area contributed by atoms with Crippen LogP contribution in [0.5, 0.6) is 0 Å². The Labute approximate surface area is 142 Å². The van der Waals surface area contributed by atoms with E-state index in [0.717, 1.165) is 15.4 Å². The SMILES string of the molecule is C=CCC(=O)/C1=C(S/C(C)=C/C=C\C)/C=C\C(OC=O)=CCC1. The number of hydrogen-bond donors (Lipinski definition) is 0. The van der Waals surface area contributed by atoms with E-state index in [1.54, 1.807) is 23.9 Å². The number of carbonyl (C=O) groups excluding carboxylic acids is 2. The third-order valence-electron chi connectivity index (χ3n) is 3.08. The molecule has 1 aliphatic carbocycles. The van der Waals surface area contributed by atoms with E-state index in [0.29, 0.717) is 31.5 Å². The molecule has 0 unspecified atom stereocenters. The maximum atomic E-state index is 12.4. The summed E-state index contributed by atoms with van der Waals surface area (Å²) in [6.07, 6.45) is 14.5. The molecule has 0 radical (unpaired) electrons. The van der Waals surface area contributed by atoms with Gasteiger partial charge in [0.1, 0.15) is 5.76 Å². The third-order valence-corrected chi connectivity index (χ3v) is 4.14. The van der Waals surface area contributed by atoms with Crippen molar-refractivity contribution in [3.8, 4) is 0 Å². The lowest BCUT2D eigenvalue weighted by molar-refractivity contribution is -0.124. The van der Waals surface area contributed by atoms with E-state index >= 15 is 0 Å². The van der Waals surface area contributed by atoms with Gasteiger partial charge in [0.05, 0.1) is 0 Å². The van der Waals surface area contributed by atoms with Crippen LogP contribution in [0.1, 0.15) is 33.1 Å². The molecule has 1 rings (SSSR count). The maximum absolute atomic E-state index is 12.4. The van der Waals surface area contributed by atoms with Crippen molar-refractivity contribution in [3.05, 3.63) is 70.3 Å². The van der Waals surface area contributed by atoms with Crippen LogP contribution < -0.4 is 0 Å². The van der Waals surface area contributed by atoms with Gasteiger partial charge in [0.2, 0.25) is 0 Å². The summed E-state index contributed by atoms with van der Waals surface area (Å²) in [6, 6.07) is 0. The van der Waals surface area contributed by atoms with Crippen LogP contribution in [0, 0.1) is 0 Å². The number of rotatable bonds is 8. The molecule has 122 valence electrons. The van der Waals surface area contributed by atoms with Crippen LogP contribution in [-0.4, -0.2) is 12.3 Å². The van der Waals surface area contributed by atoms with E-state index in [1.807, 2.05) is 44.2 Å². The minimum Gasteiger partial charge on any atom is -0.429 e. The van der Waals surface area contributed by atoms with Gasteiger partial charge in [-0.3, -0.25) is 9.59 Å². The minimum atomic E-state index is 0.0825. The monoisotopic (exact) mass is 330 g/mol. The number of ketones is 1. The van der Waals surface area contributed by atoms with E-state index in [4.69, 9.17) is 4.74 Å². The van der Waals surface area contributed by atoms with Gasteiger partial charge in [-0.25, -0.2) is 0 Å². The predicted octanol–water partition coefficient (Wildman–Crippen LogP) is 5.01. The van der Waals surface area contributed by atoms with E-state index in [-0.39, 0.29) is 5.78 Å². The smallest absolute Gasteiger partial charge is 0.298 e. The Morgan fingerprint density at radius 1 is 1.43 bits per heavy atom. The van der Waals surface area contributed by atoms with Gasteiger partial charge >= 0.3 is 0 Å². The average molecular weight is 330 g/mol. The van der Waals surface area contributed by atoms with Crippen LogP contribution in [0.4, 0.5) is 0 Å². The van der Waals surface area contributed by atoms with Gasteiger partial charge in [0.15, 0.2) is 5.78 Å². The lowest BCUT2D eigenvalue weighted by atomic mass is 10.0. The van der Waals surface area contributed by atoms with Gasteiger partial charge in [-0.1, -0.05) is 36.1 Å². The summed E-state index contributed by atoms with van der Waals surface area (Å²) in [7, 11) is 0. The van der Waals surface area contributed by atoms with Crippen molar-refractivity contribution in [2.24, 2.45) is 0 Å². The van der Waals surface area contributed by atoms with Gasteiger partial charge in [-0.2, -0.15) is 0 Å². The van der Waals surface area contributed by atoms with Gasteiger partial charge in [-0.05, 0) is 49.8 Å². The van der Waals surface area contributed by atoms with Crippen LogP contribution in [0.25, 0.3) is 0 Å². The molecule has 0 spiro atoms. The highest BCUT2D eigenvalue weighted by Crippen LogP contribution is 2.33. The van der Waals surface area contributed by atoms with Crippen molar-refractivity contribution >= 4 is 24.0 Å². The fraction of sp³-hybridized carbons (Fsp3) is 0.263. The number of thioether (sulfide) groups is 1. The molecule has 0 aliphatic heterocycles. The largest absolute Gasteiger partial charge is 0.429 e. The molecule has 0 saturated carbocycles. The van der Waals surface area contributed by atoms with Crippen LogP contribution in [0.2, 0.25) is 0 Å². The summed E-state index contributed by atoms with van der Waals surface area (Å²) in [5.74, 6) is 0.586. The highest BCUT2D eigenvalue weighted by molar-refractivity contribution is 8.06. The maximum Gasteiger partial charge on any atom is 0.298 e. The summed E-state index contributed by atoms with van der Waals surface area (Å²) in [5, 5.41) is 0. The van der Waals surface area contributed by atoms with E-state index in [9.17, 15) is 9.59 Å². The zero-order chi connectivity index (χ0) is 17.1. The Bertz CT molecular complexity index is 604. The first-order chi connectivity index (χ1) is 11.1. The van der Waals surface area contributed by atoms with Crippen molar-refractivity contribution in [2.45, 2.75) is 33.1 Å². The Kier molecular flexibility index (Phi) is 8.76. The second kappa shape index (κ2) is 10.6. The lowest BCUT2D eigenvalue weighted by Gasteiger charge is -2.13. The molecule has 0 atom stereocenters. The summed E-state index contributed by atoms with van der Waals surface area (Å²) in [4.78, 5) is 24.8. The molecule has 0 aromatic rings. The molecule has 4 heteroatoms. The van der Waals surface area contributed by atoms with Gasteiger partial charge in [0.25, 0.3) is 6.47 Å². The third kappa shape index (κ3) is 6.70. The van der Waals surface area contributed by atoms with Gasteiger partial charge < -0.3 is 4.74 Å². The Balaban J connectivity index is 3.16. The average Bonchev–Trinajstić information content (AvgIpc) is 2.51. The molecular weight excluding hydrogens is 308 g/mol. The summed E-state index contributed by atoms with van der Waals surface area (Å²) in [5.41, 5.74) is 0.792. The van der Waals surface area contributed by atoms with Crippen molar-refractivity contribution in [1.82, 2.24) is 0 Å². The van der Waals surface area contributed by atoms with E-state index in [2.05, 4.69) is 6.58 Å². The quantitative estimate of drug-likeness (QED) is 0.357.